The number of amides is 1. The van der Waals surface area contributed by atoms with Crippen molar-refractivity contribution in [1.82, 2.24) is 5.32 Å². The molecule has 0 bridgehead atoms. The number of ether oxygens (including phenoxy) is 2. The summed E-state index contributed by atoms with van der Waals surface area (Å²) in [6.45, 7) is 1.59. The quantitative estimate of drug-likeness (QED) is 0.835. The normalized spacial score (nSPS) is 13.3. The first kappa shape index (κ1) is 18.3. The summed E-state index contributed by atoms with van der Waals surface area (Å²) in [5.41, 5.74) is 2.22. The number of nitrogens with one attached hydrogen (secondary N) is 1. The molecule has 0 fully saturated rings. The molecule has 0 aliphatic carbocycles. The van der Waals surface area contributed by atoms with Gasteiger partial charge in [0.25, 0.3) is 5.91 Å². The van der Waals surface area contributed by atoms with Gasteiger partial charge in [-0.05, 0) is 41.8 Å². The molecule has 1 heterocycles. The van der Waals surface area contributed by atoms with Crippen molar-refractivity contribution in [3.63, 3.8) is 0 Å². The second kappa shape index (κ2) is 7.78. The van der Waals surface area contributed by atoms with Gasteiger partial charge in [-0.3, -0.25) is 4.79 Å². The van der Waals surface area contributed by atoms with Crippen molar-refractivity contribution in [1.29, 1.82) is 0 Å². The van der Waals surface area contributed by atoms with Gasteiger partial charge in [0.2, 0.25) is 0 Å². The predicted octanol–water partition coefficient (Wildman–Crippen LogP) is 1.97. The van der Waals surface area contributed by atoms with Gasteiger partial charge in [-0.2, -0.15) is 0 Å². The minimum atomic E-state index is -3.08. The maximum absolute atomic E-state index is 12.2. The van der Waals surface area contributed by atoms with Crippen molar-refractivity contribution in [2.24, 2.45) is 0 Å². The zero-order valence-corrected chi connectivity index (χ0v) is 15.3. The standard InChI is InChI=1S/C19H21NO5S/c1-26(22,23)13-15-2-5-16(6-3-15)19(21)20-9-8-14-4-7-17-18(12-14)25-11-10-24-17/h2-7,12H,8-11,13H2,1H3,(H,20,21). The van der Waals surface area contributed by atoms with Crippen LogP contribution in [-0.4, -0.2) is 40.3 Å². The highest BCUT2D eigenvalue weighted by molar-refractivity contribution is 7.89. The van der Waals surface area contributed by atoms with Crippen molar-refractivity contribution in [3.05, 3.63) is 59.2 Å². The molecule has 0 spiro atoms. The molecule has 0 saturated heterocycles. The Balaban J connectivity index is 1.52. The van der Waals surface area contributed by atoms with Crippen molar-refractivity contribution in [2.75, 3.05) is 26.0 Å². The summed E-state index contributed by atoms with van der Waals surface area (Å²) in [5.74, 6) is 1.27. The Bertz CT molecular complexity index is 891. The van der Waals surface area contributed by atoms with E-state index in [4.69, 9.17) is 9.47 Å². The first-order chi connectivity index (χ1) is 12.4. The van der Waals surface area contributed by atoms with Gasteiger partial charge in [0.1, 0.15) is 13.2 Å². The molecule has 1 amide bonds. The van der Waals surface area contributed by atoms with Crippen LogP contribution in [0.15, 0.2) is 42.5 Å². The number of hydrogen-bond acceptors (Lipinski definition) is 5. The van der Waals surface area contributed by atoms with E-state index in [1.165, 1.54) is 6.26 Å². The second-order valence-corrected chi connectivity index (χ2v) is 8.39. The van der Waals surface area contributed by atoms with Gasteiger partial charge in [0, 0.05) is 18.4 Å². The van der Waals surface area contributed by atoms with Crippen LogP contribution in [-0.2, 0) is 22.0 Å². The summed E-state index contributed by atoms with van der Waals surface area (Å²) < 4.78 is 33.6. The Labute approximate surface area is 153 Å². The lowest BCUT2D eigenvalue weighted by Gasteiger charge is -2.18. The number of rotatable bonds is 6. The molecule has 0 aromatic heterocycles. The monoisotopic (exact) mass is 375 g/mol. The van der Waals surface area contributed by atoms with E-state index in [0.717, 1.165) is 17.1 Å². The van der Waals surface area contributed by atoms with Crippen LogP contribution in [0.3, 0.4) is 0 Å². The number of carbonyl (C=O) groups is 1. The summed E-state index contributed by atoms with van der Waals surface area (Å²) in [6.07, 6.45) is 1.86. The predicted molar refractivity (Wildman–Crippen MR) is 98.5 cm³/mol. The molecule has 1 aliphatic heterocycles. The summed E-state index contributed by atoms with van der Waals surface area (Å²) in [4.78, 5) is 12.2. The van der Waals surface area contributed by atoms with E-state index in [1.54, 1.807) is 24.3 Å². The zero-order valence-electron chi connectivity index (χ0n) is 14.5. The fraction of sp³-hybridized carbons (Fsp3) is 0.316. The van der Waals surface area contributed by atoms with E-state index < -0.39 is 9.84 Å². The summed E-state index contributed by atoms with van der Waals surface area (Å²) >= 11 is 0. The van der Waals surface area contributed by atoms with Crippen LogP contribution in [0.4, 0.5) is 0 Å². The Morgan fingerprint density at radius 2 is 1.65 bits per heavy atom. The third kappa shape index (κ3) is 4.98. The van der Waals surface area contributed by atoms with Crippen molar-refractivity contribution < 1.29 is 22.7 Å². The minimum Gasteiger partial charge on any atom is -0.486 e. The number of hydrogen-bond donors (Lipinski definition) is 1. The molecule has 6 nitrogen and oxygen atoms in total. The Hall–Kier alpha value is -2.54. The minimum absolute atomic E-state index is 0.0288. The Morgan fingerprint density at radius 3 is 2.35 bits per heavy atom. The fourth-order valence-electron chi connectivity index (χ4n) is 2.72. The van der Waals surface area contributed by atoms with Gasteiger partial charge in [0.05, 0.1) is 5.75 Å². The lowest BCUT2D eigenvalue weighted by molar-refractivity contribution is 0.0954. The van der Waals surface area contributed by atoms with Gasteiger partial charge in [-0.25, -0.2) is 8.42 Å². The van der Waals surface area contributed by atoms with E-state index in [9.17, 15) is 13.2 Å². The van der Waals surface area contributed by atoms with Crippen LogP contribution in [0.1, 0.15) is 21.5 Å². The number of benzene rings is 2. The average molecular weight is 375 g/mol. The van der Waals surface area contributed by atoms with E-state index in [0.29, 0.717) is 37.3 Å². The van der Waals surface area contributed by atoms with Crippen LogP contribution in [0.25, 0.3) is 0 Å². The first-order valence-electron chi connectivity index (χ1n) is 8.34. The molecule has 2 aromatic rings. The summed E-state index contributed by atoms with van der Waals surface area (Å²) in [7, 11) is -3.08. The highest BCUT2D eigenvalue weighted by atomic mass is 32.2. The molecule has 138 valence electrons. The van der Waals surface area contributed by atoms with E-state index in [-0.39, 0.29) is 11.7 Å². The Morgan fingerprint density at radius 1 is 1.00 bits per heavy atom. The third-order valence-electron chi connectivity index (χ3n) is 3.95. The SMILES string of the molecule is CS(=O)(=O)Cc1ccc(C(=O)NCCc2ccc3c(c2)OCCO3)cc1. The molecule has 7 heteroatoms. The van der Waals surface area contributed by atoms with Crippen LogP contribution in [0.5, 0.6) is 11.5 Å². The van der Waals surface area contributed by atoms with Crippen LogP contribution < -0.4 is 14.8 Å². The largest absolute Gasteiger partial charge is 0.486 e. The number of carbonyl (C=O) groups excluding carboxylic acids is 1. The van der Waals surface area contributed by atoms with E-state index in [2.05, 4.69) is 5.32 Å². The van der Waals surface area contributed by atoms with Gasteiger partial charge in [-0.1, -0.05) is 18.2 Å². The smallest absolute Gasteiger partial charge is 0.251 e. The van der Waals surface area contributed by atoms with E-state index in [1.807, 2.05) is 18.2 Å². The van der Waals surface area contributed by atoms with Crippen LogP contribution in [0, 0.1) is 0 Å². The number of fused-ring (bicyclic) bond motifs is 1. The molecule has 0 radical (unpaired) electrons. The Kier molecular flexibility index (Phi) is 5.46. The van der Waals surface area contributed by atoms with Crippen molar-refractivity contribution in [2.45, 2.75) is 12.2 Å². The van der Waals surface area contributed by atoms with E-state index >= 15 is 0 Å². The molecular weight excluding hydrogens is 354 g/mol. The van der Waals surface area contributed by atoms with Gasteiger partial charge in [0.15, 0.2) is 21.3 Å². The molecule has 1 N–H and O–H groups in total. The highest BCUT2D eigenvalue weighted by Gasteiger charge is 2.12. The lowest BCUT2D eigenvalue weighted by atomic mass is 10.1. The third-order valence-corrected chi connectivity index (χ3v) is 4.81. The lowest BCUT2D eigenvalue weighted by Crippen LogP contribution is -2.25. The molecule has 0 saturated carbocycles. The second-order valence-electron chi connectivity index (χ2n) is 6.25. The topological polar surface area (TPSA) is 81.7 Å². The maximum Gasteiger partial charge on any atom is 0.251 e. The molecule has 2 aromatic carbocycles. The van der Waals surface area contributed by atoms with Gasteiger partial charge >= 0.3 is 0 Å². The molecule has 26 heavy (non-hydrogen) atoms. The van der Waals surface area contributed by atoms with Crippen molar-refractivity contribution in [3.8, 4) is 11.5 Å². The maximum atomic E-state index is 12.2. The van der Waals surface area contributed by atoms with Gasteiger partial charge < -0.3 is 14.8 Å². The average Bonchev–Trinajstić information content (AvgIpc) is 2.61. The van der Waals surface area contributed by atoms with Crippen LogP contribution >= 0.6 is 0 Å². The van der Waals surface area contributed by atoms with Crippen molar-refractivity contribution >= 4 is 15.7 Å². The zero-order chi connectivity index (χ0) is 18.6. The molecule has 3 rings (SSSR count). The molecular formula is C19H21NO5S. The molecule has 0 atom stereocenters. The highest BCUT2D eigenvalue weighted by Crippen LogP contribution is 2.30. The fourth-order valence-corrected chi connectivity index (χ4v) is 3.52. The number of sulfone groups is 1. The summed E-state index contributed by atoms with van der Waals surface area (Å²) in [6, 6.07) is 12.4. The first-order valence-corrected chi connectivity index (χ1v) is 10.4. The molecule has 1 aliphatic rings. The summed E-state index contributed by atoms with van der Waals surface area (Å²) in [5, 5.41) is 2.87. The van der Waals surface area contributed by atoms with Crippen LogP contribution in [0.2, 0.25) is 0 Å². The molecule has 0 unspecified atom stereocenters. The van der Waals surface area contributed by atoms with Gasteiger partial charge in [-0.15, -0.1) is 0 Å².